The van der Waals surface area contributed by atoms with Crippen molar-refractivity contribution in [3.05, 3.63) is 29.3 Å². The molecule has 0 aromatic heterocycles. The van der Waals surface area contributed by atoms with Gasteiger partial charge in [0.2, 0.25) is 0 Å². The molecule has 3 heteroatoms. The van der Waals surface area contributed by atoms with Gasteiger partial charge in [-0.25, -0.2) is 0 Å². The number of ether oxygens (including phenoxy) is 1. The number of hydrogen-bond acceptors (Lipinski definition) is 3. The van der Waals surface area contributed by atoms with E-state index in [1.54, 1.807) is 0 Å². The first-order valence-corrected chi connectivity index (χ1v) is 7.71. The van der Waals surface area contributed by atoms with Crippen LogP contribution in [0, 0.1) is 5.92 Å². The SMILES string of the molecule is CN1CC(CN)CC1c1cccc2c1OC(C)(C)CC2. The van der Waals surface area contributed by atoms with Crippen LogP contribution in [0.4, 0.5) is 0 Å². The van der Waals surface area contributed by atoms with Crippen LogP contribution in [-0.2, 0) is 6.42 Å². The molecule has 2 heterocycles. The highest BCUT2D eigenvalue weighted by Gasteiger charge is 2.35. The van der Waals surface area contributed by atoms with Gasteiger partial charge in [-0.05, 0) is 58.2 Å². The maximum absolute atomic E-state index is 6.32. The van der Waals surface area contributed by atoms with Crippen molar-refractivity contribution >= 4 is 0 Å². The lowest BCUT2D eigenvalue weighted by Crippen LogP contribution is -2.33. The lowest BCUT2D eigenvalue weighted by molar-refractivity contribution is 0.0813. The van der Waals surface area contributed by atoms with Gasteiger partial charge in [0.1, 0.15) is 11.4 Å². The minimum absolute atomic E-state index is 0.0481. The fourth-order valence-corrected chi connectivity index (χ4v) is 3.59. The van der Waals surface area contributed by atoms with E-state index in [0.717, 1.165) is 38.1 Å². The number of para-hydroxylation sites is 1. The molecule has 2 aliphatic rings. The average molecular weight is 274 g/mol. The Morgan fingerprint density at radius 2 is 2.20 bits per heavy atom. The third-order valence-electron chi connectivity index (χ3n) is 4.83. The number of fused-ring (bicyclic) bond motifs is 1. The van der Waals surface area contributed by atoms with E-state index >= 15 is 0 Å². The standard InChI is InChI=1S/C17H26N2O/c1-17(2)8-7-13-5-4-6-14(16(13)20-17)15-9-12(10-18)11-19(15)3/h4-6,12,15H,7-11,18H2,1-3H3. The average Bonchev–Trinajstić information content (AvgIpc) is 2.78. The topological polar surface area (TPSA) is 38.5 Å². The van der Waals surface area contributed by atoms with E-state index in [1.807, 2.05) is 0 Å². The van der Waals surface area contributed by atoms with Gasteiger partial charge in [0.05, 0.1) is 0 Å². The van der Waals surface area contributed by atoms with Gasteiger partial charge in [0.15, 0.2) is 0 Å². The molecule has 3 nitrogen and oxygen atoms in total. The zero-order chi connectivity index (χ0) is 14.3. The van der Waals surface area contributed by atoms with Crippen LogP contribution in [0.2, 0.25) is 0 Å². The maximum atomic E-state index is 6.32. The van der Waals surface area contributed by atoms with Crippen LogP contribution in [0.15, 0.2) is 18.2 Å². The molecule has 0 bridgehead atoms. The normalized spacial score (nSPS) is 29.0. The summed E-state index contributed by atoms with van der Waals surface area (Å²) in [6.07, 6.45) is 3.36. The summed E-state index contributed by atoms with van der Waals surface area (Å²) < 4.78 is 6.32. The Morgan fingerprint density at radius 1 is 1.40 bits per heavy atom. The Morgan fingerprint density at radius 3 is 2.90 bits per heavy atom. The van der Waals surface area contributed by atoms with E-state index < -0.39 is 0 Å². The predicted molar refractivity (Wildman–Crippen MR) is 82.0 cm³/mol. The number of hydrogen-bond donors (Lipinski definition) is 1. The second-order valence-electron chi connectivity index (χ2n) is 6.99. The third-order valence-corrected chi connectivity index (χ3v) is 4.83. The lowest BCUT2D eigenvalue weighted by atomic mass is 9.90. The molecule has 2 aliphatic heterocycles. The molecule has 3 rings (SSSR count). The van der Waals surface area contributed by atoms with Gasteiger partial charge in [0, 0.05) is 18.2 Å². The summed E-state index contributed by atoms with van der Waals surface area (Å²) in [7, 11) is 2.20. The quantitative estimate of drug-likeness (QED) is 0.901. The van der Waals surface area contributed by atoms with Gasteiger partial charge >= 0.3 is 0 Å². The predicted octanol–water partition coefficient (Wildman–Crippen LogP) is 2.74. The Kier molecular flexibility index (Phi) is 3.51. The first-order chi connectivity index (χ1) is 9.50. The highest BCUT2D eigenvalue weighted by Crippen LogP contribution is 2.43. The van der Waals surface area contributed by atoms with Crippen molar-refractivity contribution in [2.24, 2.45) is 11.7 Å². The summed E-state index contributed by atoms with van der Waals surface area (Å²) >= 11 is 0. The fourth-order valence-electron chi connectivity index (χ4n) is 3.59. The molecule has 0 radical (unpaired) electrons. The molecule has 1 saturated heterocycles. The molecule has 2 N–H and O–H groups in total. The first kappa shape index (κ1) is 13.9. The second kappa shape index (κ2) is 5.05. The minimum Gasteiger partial charge on any atom is -0.487 e. The smallest absolute Gasteiger partial charge is 0.128 e. The monoisotopic (exact) mass is 274 g/mol. The molecule has 1 fully saturated rings. The van der Waals surface area contributed by atoms with Crippen LogP contribution in [0.5, 0.6) is 5.75 Å². The zero-order valence-corrected chi connectivity index (χ0v) is 12.9. The molecule has 20 heavy (non-hydrogen) atoms. The van der Waals surface area contributed by atoms with Crippen molar-refractivity contribution < 1.29 is 4.74 Å². The summed E-state index contributed by atoms with van der Waals surface area (Å²) in [4.78, 5) is 2.43. The molecule has 110 valence electrons. The molecule has 2 unspecified atom stereocenters. The molecule has 0 aliphatic carbocycles. The van der Waals surface area contributed by atoms with E-state index in [2.05, 4.69) is 44.0 Å². The lowest BCUT2D eigenvalue weighted by Gasteiger charge is -2.35. The molecule has 0 amide bonds. The fraction of sp³-hybridized carbons (Fsp3) is 0.647. The number of nitrogens with two attached hydrogens (primary N) is 1. The van der Waals surface area contributed by atoms with Crippen molar-refractivity contribution in [2.75, 3.05) is 20.1 Å². The highest BCUT2D eigenvalue weighted by atomic mass is 16.5. The number of nitrogens with zero attached hydrogens (tertiary/aromatic N) is 1. The van der Waals surface area contributed by atoms with Gasteiger partial charge in [-0.2, -0.15) is 0 Å². The van der Waals surface area contributed by atoms with Crippen LogP contribution >= 0.6 is 0 Å². The van der Waals surface area contributed by atoms with Gasteiger partial charge in [-0.3, -0.25) is 4.90 Å². The van der Waals surface area contributed by atoms with E-state index in [1.165, 1.54) is 11.1 Å². The molecule has 2 atom stereocenters. The summed E-state index contributed by atoms with van der Waals surface area (Å²) in [6.45, 7) is 6.25. The second-order valence-corrected chi connectivity index (χ2v) is 6.99. The molecule has 1 aromatic carbocycles. The van der Waals surface area contributed by atoms with E-state index in [9.17, 15) is 0 Å². The Balaban J connectivity index is 1.95. The Bertz CT molecular complexity index is 498. The molecular formula is C17H26N2O. The number of aryl methyl sites for hydroxylation is 1. The van der Waals surface area contributed by atoms with Crippen molar-refractivity contribution in [1.29, 1.82) is 0 Å². The van der Waals surface area contributed by atoms with E-state index in [-0.39, 0.29) is 5.60 Å². The Hall–Kier alpha value is -1.06. The van der Waals surface area contributed by atoms with E-state index in [0.29, 0.717) is 12.0 Å². The number of benzene rings is 1. The minimum atomic E-state index is -0.0481. The number of rotatable bonds is 2. The van der Waals surface area contributed by atoms with Gasteiger partial charge < -0.3 is 10.5 Å². The van der Waals surface area contributed by atoms with Gasteiger partial charge in [-0.1, -0.05) is 18.2 Å². The maximum Gasteiger partial charge on any atom is 0.128 e. The van der Waals surface area contributed by atoms with Crippen LogP contribution in [0.3, 0.4) is 0 Å². The molecule has 0 saturated carbocycles. The van der Waals surface area contributed by atoms with Gasteiger partial charge in [0.25, 0.3) is 0 Å². The summed E-state index contributed by atoms with van der Waals surface area (Å²) in [6, 6.07) is 7.08. The van der Waals surface area contributed by atoms with Crippen LogP contribution in [0.25, 0.3) is 0 Å². The molecule has 0 spiro atoms. The van der Waals surface area contributed by atoms with Crippen LogP contribution in [0.1, 0.15) is 43.9 Å². The van der Waals surface area contributed by atoms with E-state index in [4.69, 9.17) is 10.5 Å². The van der Waals surface area contributed by atoms with Crippen molar-refractivity contribution in [1.82, 2.24) is 4.90 Å². The number of likely N-dealkylation sites (tertiary alicyclic amines) is 1. The van der Waals surface area contributed by atoms with Crippen LogP contribution in [-0.4, -0.2) is 30.6 Å². The summed E-state index contributed by atoms with van der Waals surface area (Å²) in [5, 5.41) is 0. The van der Waals surface area contributed by atoms with Crippen molar-refractivity contribution in [3.63, 3.8) is 0 Å². The third kappa shape index (κ3) is 2.45. The Labute approximate surface area is 122 Å². The zero-order valence-electron chi connectivity index (χ0n) is 12.9. The molecular weight excluding hydrogens is 248 g/mol. The van der Waals surface area contributed by atoms with Crippen LogP contribution < -0.4 is 10.5 Å². The highest BCUT2D eigenvalue weighted by molar-refractivity contribution is 5.45. The first-order valence-electron chi connectivity index (χ1n) is 7.71. The summed E-state index contributed by atoms with van der Waals surface area (Å²) in [5.74, 6) is 1.75. The largest absolute Gasteiger partial charge is 0.487 e. The van der Waals surface area contributed by atoms with Gasteiger partial charge in [-0.15, -0.1) is 0 Å². The summed E-state index contributed by atoms with van der Waals surface area (Å²) in [5.41, 5.74) is 8.53. The van der Waals surface area contributed by atoms with Crippen molar-refractivity contribution in [2.45, 2.75) is 44.8 Å². The molecule has 1 aromatic rings. The van der Waals surface area contributed by atoms with Crippen molar-refractivity contribution in [3.8, 4) is 5.75 Å².